The molecule has 0 bridgehead atoms. The number of nitro groups is 1. The highest BCUT2D eigenvalue weighted by Crippen LogP contribution is 2.35. The van der Waals surface area contributed by atoms with Crippen LogP contribution >= 0.6 is 11.6 Å². The third-order valence-corrected chi connectivity index (χ3v) is 2.73. The molecule has 0 atom stereocenters. The molecule has 7 heteroatoms. The molecule has 0 unspecified atom stereocenters. The first-order valence-electron chi connectivity index (χ1n) is 4.92. The Hall–Kier alpha value is -1.66. The van der Waals surface area contributed by atoms with Gasteiger partial charge in [0.1, 0.15) is 17.3 Å². The smallest absolute Gasteiger partial charge is 0.311 e. The fraction of sp³-hybridized carbons (Fsp3) is 0.300. The van der Waals surface area contributed by atoms with E-state index in [0.29, 0.717) is 13.2 Å². The van der Waals surface area contributed by atoms with Gasteiger partial charge in [0.05, 0.1) is 11.5 Å². The molecule has 1 fully saturated rings. The Bertz CT molecular complexity index is 477. The van der Waals surface area contributed by atoms with Gasteiger partial charge in [0.2, 0.25) is 0 Å². The molecule has 1 aliphatic rings. The number of anilines is 1. The molecule has 0 saturated carbocycles. The van der Waals surface area contributed by atoms with Crippen LogP contribution in [0.5, 0.6) is 0 Å². The highest BCUT2D eigenvalue weighted by molar-refractivity contribution is 6.33. The monoisotopic (exact) mass is 256 g/mol. The van der Waals surface area contributed by atoms with E-state index >= 15 is 0 Å². The number of rotatable bonds is 2. The van der Waals surface area contributed by atoms with E-state index in [4.69, 9.17) is 16.3 Å². The number of hydrogen-bond acceptors (Lipinski definition) is 4. The zero-order valence-electron chi connectivity index (χ0n) is 8.76. The second kappa shape index (κ2) is 4.68. The highest BCUT2D eigenvalue weighted by atomic mass is 35.5. The Morgan fingerprint density at radius 1 is 1.47 bits per heavy atom. The molecule has 0 spiro atoms. The normalized spacial score (nSPS) is 16.1. The van der Waals surface area contributed by atoms with Crippen LogP contribution in [0.1, 0.15) is 0 Å². The summed E-state index contributed by atoms with van der Waals surface area (Å²) in [6.07, 6.45) is 0. The third-order valence-electron chi connectivity index (χ3n) is 2.42. The summed E-state index contributed by atoms with van der Waals surface area (Å²) in [5.41, 5.74) is -0.0276. The zero-order valence-corrected chi connectivity index (χ0v) is 9.51. The number of ether oxygens (including phenoxy) is 1. The van der Waals surface area contributed by atoms with Gasteiger partial charge >= 0.3 is 5.69 Å². The van der Waals surface area contributed by atoms with Gasteiger partial charge in [-0.1, -0.05) is 17.7 Å². The van der Waals surface area contributed by atoms with Crippen LogP contribution in [0.25, 0.3) is 0 Å². The molecule has 6 nitrogen and oxygen atoms in total. The van der Waals surface area contributed by atoms with Crippen LogP contribution in [0.3, 0.4) is 0 Å². The van der Waals surface area contributed by atoms with Crippen molar-refractivity contribution in [2.45, 2.75) is 0 Å². The summed E-state index contributed by atoms with van der Waals surface area (Å²) in [5, 5.41) is 11.0. The summed E-state index contributed by atoms with van der Waals surface area (Å²) < 4.78 is 4.97. The molecule has 1 heterocycles. The molecule has 1 aliphatic heterocycles. The number of halogens is 1. The molecule has 1 aromatic carbocycles. The molecule has 90 valence electrons. The van der Waals surface area contributed by atoms with Crippen molar-refractivity contribution in [1.29, 1.82) is 0 Å². The van der Waals surface area contributed by atoms with Crippen molar-refractivity contribution in [2.24, 2.45) is 0 Å². The van der Waals surface area contributed by atoms with E-state index in [1.165, 1.54) is 17.0 Å². The van der Waals surface area contributed by atoms with Gasteiger partial charge < -0.3 is 9.64 Å². The van der Waals surface area contributed by atoms with Crippen LogP contribution in [0.2, 0.25) is 5.02 Å². The largest absolute Gasteiger partial charge is 0.370 e. The molecule has 1 amide bonds. The average Bonchev–Trinajstić information content (AvgIpc) is 2.28. The van der Waals surface area contributed by atoms with E-state index in [1.807, 2.05) is 0 Å². The second-order valence-electron chi connectivity index (χ2n) is 3.46. The molecule has 0 aromatic heterocycles. The van der Waals surface area contributed by atoms with Gasteiger partial charge in [-0.3, -0.25) is 14.9 Å². The maximum Gasteiger partial charge on any atom is 0.311 e. The second-order valence-corrected chi connectivity index (χ2v) is 3.87. The topological polar surface area (TPSA) is 72.7 Å². The van der Waals surface area contributed by atoms with Crippen LogP contribution in [0, 0.1) is 10.1 Å². The quantitative estimate of drug-likeness (QED) is 0.595. The number of morpholine rings is 1. The number of nitro benzene ring substituents is 1. The van der Waals surface area contributed by atoms with Gasteiger partial charge in [-0.15, -0.1) is 0 Å². The van der Waals surface area contributed by atoms with Gasteiger partial charge in [0.25, 0.3) is 5.91 Å². The minimum Gasteiger partial charge on any atom is -0.370 e. The lowest BCUT2D eigenvalue weighted by atomic mass is 10.2. The Morgan fingerprint density at radius 3 is 2.88 bits per heavy atom. The number of hydrogen-bond donors (Lipinski definition) is 0. The fourth-order valence-corrected chi connectivity index (χ4v) is 1.91. The van der Waals surface area contributed by atoms with Crippen molar-refractivity contribution in [2.75, 3.05) is 24.7 Å². The molecular weight excluding hydrogens is 248 g/mol. The summed E-state index contributed by atoms with van der Waals surface area (Å²) in [4.78, 5) is 23.3. The molecule has 0 N–H and O–H groups in total. The van der Waals surface area contributed by atoms with Gasteiger partial charge in [-0.25, -0.2) is 0 Å². The summed E-state index contributed by atoms with van der Waals surface area (Å²) in [6.45, 7) is 0.582. The van der Waals surface area contributed by atoms with Gasteiger partial charge in [-0.2, -0.15) is 0 Å². The first-order valence-corrected chi connectivity index (χ1v) is 5.30. The third kappa shape index (κ3) is 2.22. The predicted octanol–water partition coefficient (Wildman–Crippen LogP) is 1.61. The standard InChI is InChI=1S/C10H9ClN2O4/c11-7-2-1-3-8(10(7)13(15)16)12-4-5-17-6-9(12)14/h1-3H,4-6H2. The van der Waals surface area contributed by atoms with E-state index in [9.17, 15) is 14.9 Å². The zero-order chi connectivity index (χ0) is 12.4. The minimum absolute atomic E-state index is 0.0202. The molecule has 1 aromatic rings. The number of carbonyl (C=O) groups excluding carboxylic acids is 1. The first kappa shape index (κ1) is 11.8. The molecule has 1 saturated heterocycles. The van der Waals surface area contributed by atoms with E-state index in [0.717, 1.165) is 0 Å². The lowest BCUT2D eigenvalue weighted by Crippen LogP contribution is -2.41. The number of nitrogens with zero attached hydrogens (tertiary/aromatic N) is 2. The van der Waals surface area contributed by atoms with Crippen LogP contribution < -0.4 is 4.90 Å². The molecule has 2 rings (SSSR count). The molecule has 0 radical (unpaired) electrons. The predicted molar refractivity (Wildman–Crippen MR) is 61.3 cm³/mol. The summed E-state index contributed by atoms with van der Waals surface area (Å²) in [6, 6.07) is 4.51. The van der Waals surface area contributed by atoms with Crippen molar-refractivity contribution in [1.82, 2.24) is 0 Å². The Kier molecular flexibility index (Phi) is 3.26. The van der Waals surface area contributed by atoms with Gasteiger partial charge in [-0.05, 0) is 12.1 Å². The van der Waals surface area contributed by atoms with Crippen LogP contribution in [-0.4, -0.2) is 30.6 Å². The average molecular weight is 257 g/mol. The SMILES string of the molecule is O=C1COCCN1c1cccc(Cl)c1[N+](=O)[O-]. The summed E-state index contributed by atoms with van der Waals surface area (Å²) in [5.74, 6) is -0.304. The Labute approximate surface area is 102 Å². The number of benzene rings is 1. The van der Waals surface area contributed by atoms with E-state index < -0.39 is 4.92 Å². The van der Waals surface area contributed by atoms with Crippen LogP contribution in [0.4, 0.5) is 11.4 Å². The van der Waals surface area contributed by atoms with E-state index in [2.05, 4.69) is 0 Å². The van der Waals surface area contributed by atoms with Crippen LogP contribution in [-0.2, 0) is 9.53 Å². The van der Waals surface area contributed by atoms with Crippen LogP contribution in [0.15, 0.2) is 18.2 Å². The maximum atomic E-state index is 11.6. The van der Waals surface area contributed by atoms with Crippen molar-refractivity contribution in [3.8, 4) is 0 Å². The maximum absolute atomic E-state index is 11.6. The Balaban J connectivity index is 2.47. The van der Waals surface area contributed by atoms with Crippen molar-refractivity contribution in [3.05, 3.63) is 33.3 Å². The van der Waals surface area contributed by atoms with Crippen molar-refractivity contribution >= 4 is 28.9 Å². The van der Waals surface area contributed by atoms with Crippen molar-refractivity contribution < 1.29 is 14.5 Å². The number of amides is 1. The molecule has 0 aliphatic carbocycles. The Morgan fingerprint density at radius 2 is 2.24 bits per heavy atom. The minimum atomic E-state index is -0.583. The highest BCUT2D eigenvalue weighted by Gasteiger charge is 2.28. The summed E-state index contributed by atoms with van der Waals surface area (Å²) in [7, 11) is 0. The van der Waals surface area contributed by atoms with E-state index in [1.54, 1.807) is 6.07 Å². The lowest BCUT2D eigenvalue weighted by Gasteiger charge is -2.26. The van der Waals surface area contributed by atoms with Gasteiger partial charge in [0.15, 0.2) is 0 Å². The molecule has 17 heavy (non-hydrogen) atoms. The lowest BCUT2D eigenvalue weighted by molar-refractivity contribution is -0.384. The molecular formula is C10H9ClN2O4. The number of carbonyl (C=O) groups is 1. The van der Waals surface area contributed by atoms with Gasteiger partial charge in [0, 0.05) is 6.54 Å². The van der Waals surface area contributed by atoms with Crippen molar-refractivity contribution in [3.63, 3.8) is 0 Å². The van der Waals surface area contributed by atoms with E-state index in [-0.39, 0.29) is 28.9 Å². The fourth-order valence-electron chi connectivity index (χ4n) is 1.68. The number of para-hydroxylation sites is 1. The first-order chi connectivity index (χ1) is 8.11. The summed E-state index contributed by atoms with van der Waals surface area (Å²) >= 11 is 5.78.